The molecule has 0 saturated heterocycles. The van der Waals surface area contributed by atoms with Crippen LogP contribution in [0.1, 0.15) is 5.56 Å². The molecule has 0 saturated carbocycles. The lowest BCUT2D eigenvalue weighted by molar-refractivity contribution is 0.942. The van der Waals surface area contributed by atoms with Crippen molar-refractivity contribution in [3.05, 3.63) is 83.2 Å². The molecule has 4 rings (SSSR count). The van der Waals surface area contributed by atoms with E-state index in [4.69, 9.17) is 0 Å². The normalized spacial score (nSPS) is 10.9. The third-order valence-corrected chi connectivity index (χ3v) is 4.49. The Morgan fingerprint density at radius 3 is 2.62 bits per heavy atom. The highest BCUT2D eigenvalue weighted by Crippen LogP contribution is 2.29. The summed E-state index contributed by atoms with van der Waals surface area (Å²) in [7, 11) is 0. The standard InChI is InChI=1S/C19H15BrN4/c20-17-13-23-24-18(17)9-16(15-6-2-1-3-7-15)10-19(24)22-12-14-5-4-8-21-11-14/h1-11,13,22H,12H2. The van der Waals surface area contributed by atoms with Gasteiger partial charge in [0.1, 0.15) is 5.82 Å². The van der Waals surface area contributed by atoms with E-state index in [-0.39, 0.29) is 0 Å². The van der Waals surface area contributed by atoms with Gasteiger partial charge in [0.15, 0.2) is 0 Å². The van der Waals surface area contributed by atoms with E-state index in [1.165, 1.54) is 5.56 Å². The van der Waals surface area contributed by atoms with Gasteiger partial charge in [-0.2, -0.15) is 5.10 Å². The molecular formula is C19H15BrN4. The van der Waals surface area contributed by atoms with Crippen LogP contribution < -0.4 is 5.32 Å². The predicted octanol–water partition coefficient (Wildman–Crippen LogP) is 4.77. The Labute approximate surface area is 148 Å². The van der Waals surface area contributed by atoms with E-state index in [0.717, 1.165) is 26.9 Å². The quantitative estimate of drug-likeness (QED) is 0.555. The number of nitrogens with zero attached hydrogens (tertiary/aromatic N) is 3. The van der Waals surface area contributed by atoms with Crippen molar-refractivity contribution in [1.82, 2.24) is 14.6 Å². The molecule has 0 radical (unpaired) electrons. The summed E-state index contributed by atoms with van der Waals surface area (Å²) in [4.78, 5) is 4.16. The lowest BCUT2D eigenvalue weighted by atomic mass is 10.1. The molecule has 0 bridgehead atoms. The number of pyridine rings is 2. The van der Waals surface area contributed by atoms with Gasteiger partial charge in [-0.05, 0) is 50.8 Å². The summed E-state index contributed by atoms with van der Waals surface area (Å²) in [6.45, 7) is 0.693. The number of rotatable bonds is 4. The van der Waals surface area contributed by atoms with Crippen LogP contribution in [-0.2, 0) is 6.54 Å². The first kappa shape index (κ1) is 14.9. The van der Waals surface area contributed by atoms with Crippen molar-refractivity contribution in [1.29, 1.82) is 0 Å². The fourth-order valence-electron chi connectivity index (χ4n) is 2.68. The molecule has 0 unspecified atom stereocenters. The highest BCUT2D eigenvalue weighted by molar-refractivity contribution is 9.10. The second-order valence-corrected chi connectivity index (χ2v) is 6.35. The fraction of sp³-hybridized carbons (Fsp3) is 0.0526. The first-order chi connectivity index (χ1) is 11.8. The average Bonchev–Trinajstić information content (AvgIpc) is 3.02. The minimum atomic E-state index is 0.693. The molecular weight excluding hydrogens is 364 g/mol. The Kier molecular flexibility index (Phi) is 4.01. The highest BCUT2D eigenvalue weighted by atomic mass is 79.9. The molecule has 4 nitrogen and oxygen atoms in total. The van der Waals surface area contributed by atoms with Gasteiger partial charge in [0.2, 0.25) is 0 Å². The molecule has 24 heavy (non-hydrogen) atoms. The van der Waals surface area contributed by atoms with Crippen molar-refractivity contribution < 1.29 is 0 Å². The van der Waals surface area contributed by atoms with Crippen LogP contribution in [0.4, 0.5) is 5.82 Å². The molecule has 0 amide bonds. The van der Waals surface area contributed by atoms with Crippen LogP contribution in [0.3, 0.4) is 0 Å². The zero-order valence-corrected chi connectivity index (χ0v) is 14.4. The molecule has 0 aliphatic heterocycles. The third-order valence-electron chi connectivity index (χ3n) is 3.88. The Bertz CT molecular complexity index is 965. The number of nitrogens with one attached hydrogen (secondary N) is 1. The Morgan fingerprint density at radius 1 is 0.958 bits per heavy atom. The van der Waals surface area contributed by atoms with E-state index in [0.29, 0.717) is 6.54 Å². The number of hydrogen-bond acceptors (Lipinski definition) is 3. The molecule has 0 spiro atoms. The summed E-state index contributed by atoms with van der Waals surface area (Å²) in [6.07, 6.45) is 5.46. The van der Waals surface area contributed by atoms with Crippen molar-refractivity contribution in [2.75, 3.05) is 5.32 Å². The summed E-state index contributed by atoms with van der Waals surface area (Å²) in [6, 6.07) is 18.6. The molecule has 1 aromatic carbocycles. The molecule has 0 aliphatic rings. The number of fused-ring (bicyclic) bond motifs is 1. The van der Waals surface area contributed by atoms with Crippen LogP contribution in [0.5, 0.6) is 0 Å². The van der Waals surface area contributed by atoms with Crippen LogP contribution in [0, 0.1) is 0 Å². The lowest BCUT2D eigenvalue weighted by Gasteiger charge is -2.11. The lowest BCUT2D eigenvalue weighted by Crippen LogP contribution is -2.05. The van der Waals surface area contributed by atoms with Gasteiger partial charge < -0.3 is 5.32 Å². The topological polar surface area (TPSA) is 42.2 Å². The summed E-state index contributed by atoms with van der Waals surface area (Å²) in [5.41, 5.74) is 4.49. The highest BCUT2D eigenvalue weighted by Gasteiger charge is 2.09. The number of anilines is 1. The Hall–Kier alpha value is -2.66. The van der Waals surface area contributed by atoms with Crippen LogP contribution >= 0.6 is 15.9 Å². The number of halogens is 1. The van der Waals surface area contributed by atoms with E-state index in [1.54, 1.807) is 6.20 Å². The van der Waals surface area contributed by atoms with Crippen molar-refractivity contribution in [3.8, 4) is 11.1 Å². The number of benzene rings is 1. The molecule has 0 aliphatic carbocycles. The zero-order valence-electron chi connectivity index (χ0n) is 12.9. The average molecular weight is 379 g/mol. The minimum Gasteiger partial charge on any atom is -0.366 e. The van der Waals surface area contributed by atoms with Gasteiger partial charge in [0.25, 0.3) is 0 Å². The summed E-state index contributed by atoms with van der Waals surface area (Å²) in [5.74, 6) is 0.945. The Morgan fingerprint density at radius 2 is 1.83 bits per heavy atom. The SMILES string of the molecule is Brc1cnn2c(NCc3cccnc3)cc(-c3ccccc3)cc12. The molecule has 0 fully saturated rings. The van der Waals surface area contributed by atoms with E-state index < -0.39 is 0 Å². The van der Waals surface area contributed by atoms with Gasteiger partial charge in [-0.3, -0.25) is 4.98 Å². The monoisotopic (exact) mass is 378 g/mol. The first-order valence-electron chi connectivity index (χ1n) is 7.67. The van der Waals surface area contributed by atoms with Crippen molar-refractivity contribution in [2.24, 2.45) is 0 Å². The first-order valence-corrected chi connectivity index (χ1v) is 8.46. The van der Waals surface area contributed by atoms with Crippen molar-refractivity contribution in [2.45, 2.75) is 6.54 Å². The number of hydrogen-bond donors (Lipinski definition) is 1. The van der Waals surface area contributed by atoms with Crippen molar-refractivity contribution >= 4 is 27.3 Å². The molecule has 4 aromatic rings. The third kappa shape index (κ3) is 2.90. The van der Waals surface area contributed by atoms with Gasteiger partial charge in [0.05, 0.1) is 16.2 Å². The van der Waals surface area contributed by atoms with Crippen LogP contribution in [0.2, 0.25) is 0 Å². The number of aromatic nitrogens is 3. The van der Waals surface area contributed by atoms with E-state index in [1.807, 2.05) is 41.2 Å². The van der Waals surface area contributed by atoms with E-state index in [2.05, 4.69) is 61.7 Å². The summed E-state index contributed by atoms with van der Waals surface area (Å²) >= 11 is 3.58. The second-order valence-electron chi connectivity index (χ2n) is 5.50. The smallest absolute Gasteiger partial charge is 0.129 e. The van der Waals surface area contributed by atoms with Crippen LogP contribution in [0.15, 0.2) is 77.7 Å². The minimum absolute atomic E-state index is 0.693. The van der Waals surface area contributed by atoms with Gasteiger partial charge in [0, 0.05) is 18.9 Å². The maximum atomic E-state index is 4.46. The maximum Gasteiger partial charge on any atom is 0.129 e. The molecule has 3 heterocycles. The second kappa shape index (κ2) is 6.45. The molecule has 5 heteroatoms. The maximum absolute atomic E-state index is 4.46. The van der Waals surface area contributed by atoms with Crippen LogP contribution in [-0.4, -0.2) is 14.6 Å². The van der Waals surface area contributed by atoms with Crippen molar-refractivity contribution in [3.63, 3.8) is 0 Å². The fourth-order valence-corrected chi connectivity index (χ4v) is 3.05. The zero-order chi connectivity index (χ0) is 16.4. The van der Waals surface area contributed by atoms with E-state index >= 15 is 0 Å². The summed E-state index contributed by atoms with van der Waals surface area (Å²) < 4.78 is 2.89. The molecule has 0 atom stereocenters. The van der Waals surface area contributed by atoms with Gasteiger partial charge in [-0.15, -0.1) is 0 Å². The molecule has 1 N–H and O–H groups in total. The largest absolute Gasteiger partial charge is 0.366 e. The Balaban J connectivity index is 1.76. The predicted molar refractivity (Wildman–Crippen MR) is 99.9 cm³/mol. The van der Waals surface area contributed by atoms with Gasteiger partial charge >= 0.3 is 0 Å². The molecule has 3 aromatic heterocycles. The molecule has 118 valence electrons. The van der Waals surface area contributed by atoms with E-state index in [9.17, 15) is 0 Å². The van der Waals surface area contributed by atoms with Gasteiger partial charge in [-0.25, -0.2) is 4.52 Å². The van der Waals surface area contributed by atoms with Gasteiger partial charge in [-0.1, -0.05) is 36.4 Å². The van der Waals surface area contributed by atoms with Crippen LogP contribution in [0.25, 0.3) is 16.6 Å². The summed E-state index contributed by atoms with van der Waals surface area (Å²) in [5, 5.41) is 7.92.